The number of pyridine rings is 1. The third kappa shape index (κ3) is 4.37. The topological polar surface area (TPSA) is 31.4 Å². The quantitative estimate of drug-likeness (QED) is 0.807. The number of hydrogen-bond acceptors (Lipinski definition) is 4. The van der Waals surface area contributed by atoms with Crippen LogP contribution in [0.15, 0.2) is 24.4 Å². The Balaban J connectivity index is 1.75. The van der Waals surface area contributed by atoms with Crippen LogP contribution in [0.5, 0.6) is 0 Å². The van der Waals surface area contributed by atoms with Crippen molar-refractivity contribution in [2.24, 2.45) is 0 Å². The lowest BCUT2D eigenvalue weighted by Gasteiger charge is -2.29. The van der Waals surface area contributed by atoms with Crippen molar-refractivity contribution in [2.45, 2.75) is 13.5 Å². The Morgan fingerprint density at radius 3 is 2.83 bits per heavy atom. The van der Waals surface area contributed by atoms with Crippen LogP contribution in [0.1, 0.15) is 12.6 Å². The van der Waals surface area contributed by atoms with Crippen LogP contribution < -0.4 is 5.32 Å². The Labute approximate surface area is 110 Å². The van der Waals surface area contributed by atoms with Gasteiger partial charge >= 0.3 is 0 Å². The van der Waals surface area contributed by atoms with Crippen molar-refractivity contribution in [2.75, 3.05) is 45.8 Å². The minimum atomic E-state index is 0.962. The van der Waals surface area contributed by atoms with Crippen molar-refractivity contribution >= 4 is 0 Å². The van der Waals surface area contributed by atoms with E-state index in [1.54, 1.807) is 0 Å². The van der Waals surface area contributed by atoms with E-state index in [4.69, 9.17) is 0 Å². The van der Waals surface area contributed by atoms with Crippen molar-refractivity contribution in [3.05, 3.63) is 30.1 Å². The summed E-state index contributed by atoms with van der Waals surface area (Å²) in [5.74, 6) is 0. The van der Waals surface area contributed by atoms with Gasteiger partial charge in [-0.25, -0.2) is 0 Å². The molecule has 2 rings (SSSR count). The third-order valence-electron chi connectivity index (χ3n) is 3.50. The Morgan fingerprint density at radius 1 is 1.33 bits per heavy atom. The number of aromatic nitrogens is 1. The smallest absolute Gasteiger partial charge is 0.0543 e. The highest BCUT2D eigenvalue weighted by atomic mass is 15.2. The number of rotatable bonds is 6. The zero-order valence-corrected chi connectivity index (χ0v) is 11.3. The fraction of sp³-hybridized carbons (Fsp3) is 0.643. The molecule has 0 unspecified atom stereocenters. The molecule has 1 saturated heterocycles. The van der Waals surface area contributed by atoms with Crippen molar-refractivity contribution in [1.82, 2.24) is 20.1 Å². The molecule has 0 spiro atoms. The van der Waals surface area contributed by atoms with E-state index in [0.717, 1.165) is 32.7 Å². The molecular formula is C14H24N4. The van der Waals surface area contributed by atoms with Gasteiger partial charge in [0.15, 0.2) is 0 Å². The molecule has 1 fully saturated rings. The van der Waals surface area contributed by atoms with Gasteiger partial charge in [-0.1, -0.05) is 13.0 Å². The molecule has 0 aromatic carbocycles. The van der Waals surface area contributed by atoms with E-state index >= 15 is 0 Å². The van der Waals surface area contributed by atoms with E-state index in [1.165, 1.54) is 25.3 Å². The third-order valence-corrected chi connectivity index (χ3v) is 3.50. The zero-order valence-electron chi connectivity index (χ0n) is 11.3. The van der Waals surface area contributed by atoms with Crippen molar-refractivity contribution in [3.8, 4) is 0 Å². The van der Waals surface area contributed by atoms with Crippen LogP contribution in [0.25, 0.3) is 0 Å². The molecule has 0 atom stereocenters. The van der Waals surface area contributed by atoms with Gasteiger partial charge in [-0.3, -0.25) is 14.8 Å². The van der Waals surface area contributed by atoms with Crippen LogP contribution in [-0.4, -0.2) is 60.6 Å². The van der Waals surface area contributed by atoms with E-state index in [2.05, 4.69) is 39.2 Å². The van der Waals surface area contributed by atoms with E-state index in [9.17, 15) is 0 Å². The SMILES string of the molecule is CCN(CCN1CCNCC1)Cc1ccccn1. The van der Waals surface area contributed by atoms with Crippen LogP contribution in [0, 0.1) is 0 Å². The molecule has 0 aliphatic carbocycles. The molecule has 1 aromatic rings. The molecule has 2 heterocycles. The normalized spacial score (nSPS) is 17.2. The Kier molecular flexibility index (Phi) is 5.58. The largest absolute Gasteiger partial charge is 0.314 e. The molecule has 4 nitrogen and oxygen atoms in total. The Hall–Kier alpha value is -0.970. The lowest BCUT2D eigenvalue weighted by atomic mass is 10.3. The predicted molar refractivity (Wildman–Crippen MR) is 74.5 cm³/mol. The van der Waals surface area contributed by atoms with Gasteiger partial charge in [0.25, 0.3) is 0 Å². The van der Waals surface area contributed by atoms with E-state index in [1.807, 2.05) is 12.3 Å². The van der Waals surface area contributed by atoms with Crippen molar-refractivity contribution in [1.29, 1.82) is 0 Å². The number of nitrogens with one attached hydrogen (secondary N) is 1. The summed E-state index contributed by atoms with van der Waals surface area (Å²) in [6, 6.07) is 6.14. The lowest BCUT2D eigenvalue weighted by Crippen LogP contribution is -2.46. The fourth-order valence-corrected chi connectivity index (χ4v) is 2.29. The second-order valence-corrected chi connectivity index (χ2v) is 4.78. The maximum atomic E-state index is 4.40. The zero-order chi connectivity index (χ0) is 12.6. The number of hydrogen-bond donors (Lipinski definition) is 1. The minimum absolute atomic E-state index is 0.962. The molecule has 100 valence electrons. The summed E-state index contributed by atoms with van der Waals surface area (Å²) in [7, 11) is 0. The van der Waals surface area contributed by atoms with Crippen LogP contribution >= 0.6 is 0 Å². The fourth-order valence-electron chi connectivity index (χ4n) is 2.29. The van der Waals surface area contributed by atoms with E-state index < -0.39 is 0 Å². The van der Waals surface area contributed by atoms with Crippen LogP contribution in [0.3, 0.4) is 0 Å². The predicted octanol–water partition coefficient (Wildman–Crippen LogP) is 0.809. The number of piperazine rings is 1. The molecule has 1 N–H and O–H groups in total. The lowest BCUT2D eigenvalue weighted by molar-refractivity contribution is 0.188. The maximum absolute atomic E-state index is 4.40. The summed E-state index contributed by atoms with van der Waals surface area (Å²) in [6.07, 6.45) is 1.87. The molecule has 0 radical (unpaired) electrons. The summed E-state index contributed by atoms with van der Waals surface area (Å²) >= 11 is 0. The van der Waals surface area contributed by atoms with Gasteiger partial charge in [0, 0.05) is 52.0 Å². The van der Waals surface area contributed by atoms with Crippen LogP contribution in [-0.2, 0) is 6.54 Å². The first kappa shape index (κ1) is 13.5. The van der Waals surface area contributed by atoms with Crippen LogP contribution in [0.4, 0.5) is 0 Å². The number of nitrogens with zero attached hydrogens (tertiary/aromatic N) is 3. The summed E-state index contributed by atoms with van der Waals surface area (Å²) in [4.78, 5) is 9.40. The highest BCUT2D eigenvalue weighted by molar-refractivity contribution is 5.03. The standard InChI is InChI=1S/C14H24N4/c1-2-17(13-14-5-3-4-6-16-14)11-12-18-9-7-15-8-10-18/h3-6,15H,2,7-13H2,1H3. The van der Waals surface area contributed by atoms with E-state index in [0.29, 0.717) is 0 Å². The van der Waals surface area contributed by atoms with Gasteiger partial charge in [0.2, 0.25) is 0 Å². The molecule has 1 aromatic heterocycles. The Morgan fingerprint density at radius 2 is 2.17 bits per heavy atom. The monoisotopic (exact) mass is 248 g/mol. The van der Waals surface area contributed by atoms with E-state index in [-0.39, 0.29) is 0 Å². The molecule has 18 heavy (non-hydrogen) atoms. The first-order chi connectivity index (χ1) is 8.88. The van der Waals surface area contributed by atoms with Gasteiger partial charge in [-0.15, -0.1) is 0 Å². The molecule has 1 aliphatic rings. The second kappa shape index (κ2) is 7.46. The molecular weight excluding hydrogens is 224 g/mol. The summed E-state index contributed by atoms with van der Waals surface area (Å²) in [5.41, 5.74) is 1.17. The minimum Gasteiger partial charge on any atom is -0.314 e. The Bertz CT molecular complexity index is 322. The van der Waals surface area contributed by atoms with Gasteiger partial charge < -0.3 is 5.32 Å². The summed E-state index contributed by atoms with van der Waals surface area (Å²) < 4.78 is 0. The summed E-state index contributed by atoms with van der Waals surface area (Å²) in [5, 5.41) is 3.39. The highest BCUT2D eigenvalue weighted by Gasteiger charge is 2.11. The van der Waals surface area contributed by atoms with Crippen LogP contribution in [0.2, 0.25) is 0 Å². The summed E-state index contributed by atoms with van der Waals surface area (Å²) in [6.45, 7) is 11.2. The maximum Gasteiger partial charge on any atom is 0.0543 e. The van der Waals surface area contributed by atoms with Gasteiger partial charge in [-0.2, -0.15) is 0 Å². The van der Waals surface area contributed by atoms with Gasteiger partial charge in [-0.05, 0) is 18.7 Å². The molecule has 4 heteroatoms. The molecule has 0 amide bonds. The van der Waals surface area contributed by atoms with Gasteiger partial charge in [0.05, 0.1) is 5.69 Å². The molecule has 1 aliphatic heterocycles. The highest BCUT2D eigenvalue weighted by Crippen LogP contribution is 2.01. The average Bonchev–Trinajstić information content (AvgIpc) is 2.45. The molecule has 0 saturated carbocycles. The van der Waals surface area contributed by atoms with Crippen molar-refractivity contribution < 1.29 is 0 Å². The second-order valence-electron chi connectivity index (χ2n) is 4.78. The first-order valence-corrected chi connectivity index (χ1v) is 6.94. The number of likely N-dealkylation sites (N-methyl/N-ethyl adjacent to an activating group) is 1. The average molecular weight is 248 g/mol. The molecule has 0 bridgehead atoms. The van der Waals surface area contributed by atoms with Gasteiger partial charge in [0.1, 0.15) is 0 Å². The first-order valence-electron chi connectivity index (χ1n) is 6.94. The van der Waals surface area contributed by atoms with Crippen molar-refractivity contribution in [3.63, 3.8) is 0 Å².